The average Bonchev–Trinajstić information content (AvgIpc) is 2.84. The SMILES string of the molecule is COc1ccc(Cl)cc1CN(C)C(=O)[C@@H]1C[C@H](O)CN1. The number of aliphatic hydroxyl groups is 1. The number of amides is 1. The van der Waals surface area contributed by atoms with Crippen molar-refractivity contribution in [3.05, 3.63) is 28.8 Å². The van der Waals surface area contributed by atoms with Crippen molar-refractivity contribution in [1.82, 2.24) is 10.2 Å². The zero-order valence-corrected chi connectivity index (χ0v) is 12.4. The molecule has 0 saturated carbocycles. The molecule has 1 saturated heterocycles. The Kier molecular flexibility index (Phi) is 4.86. The number of β-amino-alcohol motifs (C(OH)–C–C–N with tert-alkyl or cyclic N) is 1. The Bertz CT molecular complexity index is 495. The molecule has 1 aliphatic rings. The van der Waals surface area contributed by atoms with E-state index >= 15 is 0 Å². The van der Waals surface area contributed by atoms with Crippen molar-refractivity contribution < 1.29 is 14.6 Å². The molecule has 110 valence electrons. The van der Waals surface area contributed by atoms with Crippen LogP contribution in [0.1, 0.15) is 12.0 Å². The lowest BCUT2D eigenvalue weighted by Crippen LogP contribution is -2.41. The summed E-state index contributed by atoms with van der Waals surface area (Å²) in [4.78, 5) is 13.9. The number of carbonyl (C=O) groups excluding carboxylic acids is 1. The summed E-state index contributed by atoms with van der Waals surface area (Å²) in [6.07, 6.45) is 0.00798. The van der Waals surface area contributed by atoms with Crippen molar-refractivity contribution >= 4 is 17.5 Å². The fraction of sp³-hybridized carbons (Fsp3) is 0.500. The number of likely N-dealkylation sites (N-methyl/N-ethyl adjacent to an activating group) is 1. The third-order valence-electron chi connectivity index (χ3n) is 3.43. The van der Waals surface area contributed by atoms with Gasteiger partial charge in [0.25, 0.3) is 0 Å². The molecular formula is C14H19ClN2O3. The normalized spacial score (nSPS) is 21.8. The lowest BCUT2D eigenvalue weighted by Gasteiger charge is -2.22. The van der Waals surface area contributed by atoms with Gasteiger partial charge in [0.1, 0.15) is 5.75 Å². The van der Waals surface area contributed by atoms with E-state index in [9.17, 15) is 9.90 Å². The number of hydrogen-bond acceptors (Lipinski definition) is 4. The van der Waals surface area contributed by atoms with Gasteiger partial charge in [-0.1, -0.05) is 11.6 Å². The minimum Gasteiger partial charge on any atom is -0.496 e. The third-order valence-corrected chi connectivity index (χ3v) is 3.67. The van der Waals surface area contributed by atoms with Gasteiger partial charge in [0.15, 0.2) is 0 Å². The van der Waals surface area contributed by atoms with E-state index in [1.54, 1.807) is 37.3 Å². The smallest absolute Gasteiger partial charge is 0.239 e. The minimum absolute atomic E-state index is 0.0384. The molecule has 1 aliphatic heterocycles. The maximum absolute atomic E-state index is 12.3. The molecule has 0 aromatic heterocycles. The van der Waals surface area contributed by atoms with Crippen molar-refractivity contribution in [2.75, 3.05) is 20.7 Å². The average molecular weight is 299 g/mol. The first-order valence-corrected chi connectivity index (χ1v) is 6.88. The molecular weight excluding hydrogens is 280 g/mol. The highest BCUT2D eigenvalue weighted by atomic mass is 35.5. The zero-order valence-electron chi connectivity index (χ0n) is 11.6. The lowest BCUT2D eigenvalue weighted by atomic mass is 10.1. The third kappa shape index (κ3) is 3.42. The van der Waals surface area contributed by atoms with Gasteiger partial charge in [0.05, 0.1) is 19.3 Å². The number of nitrogens with one attached hydrogen (secondary N) is 1. The van der Waals surface area contributed by atoms with Crippen molar-refractivity contribution in [2.24, 2.45) is 0 Å². The molecule has 1 aromatic rings. The van der Waals surface area contributed by atoms with Gasteiger partial charge in [-0.2, -0.15) is 0 Å². The molecule has 2 atom stereocenters. The van der Waals surface area contributed by atoms with Crippen LogP contribution in [0.25, 0.3) is 0 Å². The van der Waals surface area contributed by atoms with E-state index in [-0.39, 0.29) is 11.9 Å². The molecule has 20 heavy (non-hydrogen) atoms. The van der Waals surface area contributed by atoms with E-state index in [0.717, 1.165) is 5.56 Å². The van der Waals surface area contributed by atoms with Gasteiger partial charge < -0.3 is 20.1 Å². The Labute approximate surface area is 123 Å². The summed E-state index contributed by atoms with van der Waals surface area (Å²) in [5, 5.41) is 13.1. The molecule has 2 N–H and O–H groups in total. The molecule has 1 amide bonds. The van der Waals surface area contributed by atoms with E-state index in [4.69, 9.17) is 16.3 Å². The molecule has 1 fully saturated rings. The first-order chi connectivity index (χ1) is 9.51. The number of hydrogen-bond donors (Lipinski definition) is 2. The monoisotopic (exact) mass is 298 g/mol. The molecule has 0 spiro atoms. The molecule has 5 nitrogen and oxygen atoms in total. The van der Waals surface area contributed by atoms with Gasteiger partial charge in [-0.15, -0.1) is 0 Å². The van der Waals surface area contributed by atoms with Crippen molar-refractivity contribution in [3.8, 4) is 5.75 Å². The largest absolute Gasteiger partial charge is 0.496 e. The van der Waals surface area contributed by atoms with Gasteiger partial charge in [-0.25, -0.2) is 0 Å². The molecule has 0 aliphatic carbocycles. The fourth-order valence-corrected chi connectivity index (χ4v) is 2.57. The number of halogens is 1. The van der Waals surface area contributed by atoms with E-state index < -0.39 is 6.10 Å². The van der Waals surface area contributed by atoms with Crippen molar-refractivity contribution in [2.45, 2.75) is 25.1 Å². The Morgan fingerprint density at radius 1 is 1.60 bits per heavy atom. The number of aliphatic hydroxyl groups excluding tert-OH is 1. The second kappa shape index (κ2) is 6.43. The predicted molar refractivity (Wildman–Crippen MR) is 76.9 cm³/mol. The highest BCUT2D eigenvalue weighted by molar-refractivity contribution is 6.30. The summed E-state index contributed by atoms with van der Waals surface area (Å²) >= 11 is 5.98. The topological polar surface area (TPSA) is 61.8 Å². The van der Waals surface area contributed by atoms with E-state index in [1.165, 1.54) is 0 Å². The van der Waals surface area contributed by atoms with Crippen molar-refractivity contribution in [1.29, 1.82) is 0 Å². The van der Waals surface area contributed by atoms with Gasteiger partial charge in [0, 0.05) is 30.7 Å². The Balaban J connectivity index is 2.05. The maximum atomic E-state index is 12.3. The number of methoxy groups -OCH3 is 1. The van der Waals surface area contributed by atoms with Gasteiger partial charge in [0.2, 0.25) is 5.91 Å². The van der Waals surface area contributed by atoms with Crippen LogP contribution in [0.2, 0.25) is 5.02 Å². The number of ether oxygens (including phenoxy) is 1. The predicted octanol–water partition coefficient (Wildman–Crippen LogP) is 1.03. The van der Waals surface area contributed by atoms with Gasteiger partial charge in [-0.3, -0.25) is 4.79 Å². The lowest BCUT2D eigenvalue weighted by molar-refractivity contribution is -0.132. The summed E-state index contributed by atoms with van der Waals surface area (Å²) in [7, 11) is 3.32. The van der Waals surface area contributed by atoms with Gasteiger partial charge in [-0.05, 0) is 24.6 Å². The summed E-state index contributed by atoms with van der Waals surface area (Å²) in [5.74, 6) is 0.664. The first-order valence-electron chi connectivity index (χ1n) is 6.50. The Hall–Kier alpha value is -1.30. The van der Waals surface area contributed by atoms with Crippen LogP contribution in [-0.2, 0) is 11.3 Å². The summed E-state index contributed by atoms with van der Waals surface area (Å²) in [5.41, 5.74) is 0.856. The van der Waals surface area contributed by atoms with Crippen LogP contribution in [0.5, 0.6) is 5.75 Å². The Morgan fingerprint density at radius 3 is 2.95 bits per heavy atom. The van der Waals surface area contributed by atoms with Crippen LogP contribution >= 0.6 is 11.6 Å². The zero-order chi connectivity index (χ0) is 14.7. The second-order valence-corrected chi connectivity index (χ2v) is 5.44. The minimum atomic E-state index is -0.446. The molecule has 0 unspecified atom stereocenters. The molecule has 2 rings (SSSR count). The van der Waals surface area contributed by atoms with Crippen LogP contribution in [0.15, 0.2) is 18.2 Å². The molecule has 1 aromatic carbocycles. The quantitative estimate of drug-likeness (QED) is 0.871. The highest BCUT2D eigenvalue weighted by Gasteiger charge is 2.30. The molecule has 6 heteroatoms. The number of benzene rings is 1. The second-order valence-electron chi connectivity index (χ2n) is 5.00. The molecule has 0 bridgehead atoms. The van der Waals surface area contributed by atoms with Crippen LogP contribution in [0, 0.1) is 0 Å². The summed E-state index contributed by atoms with van der Waals surface area (Å²) in [6.45, 7) is 0.877. The maximum Gasteiger partial charge on any atom is 0.239 e. The van der Waals surface area contributed by atoms with Crippen LogP contribution in [0.4, 0.5) is 0 Å². The van der Waals surface area contributed by atoms with E-state index in [2.05, 4.69) is 5.32 Å². The highest BCUT2D eigenvalue weighted by Crippen LogP contribution is 2.24. The van der Waals surface area contributed by atoms with Crippen LogP contribution < -0.4 is 10.1 Å². The first kappa shape index (κ1) is 15.1. The summed E-state index contributed by atoms with van der Waals surface area (Å²) < 4.78 is 5.27. The van der Waals surface area contributed by atoms with Crippen molar-refractivity contribution in [3.63, 3.8) is 0 Å². The van der Waals surface area contributed by atoms with E-state index in [1.807, 2.05) is 0 Å². The molecule has 0 radical (unpaired) electrons. The summed E-state index contributed by atoms with van der Waals surface area (Å²) in [6, 6.07) is 5.01. The number of carbonyl (C=O) groups is 1. The number of nitrogens with zero attached hydrogens (tertiary/aromatic N) is 1. The van der Waals surface area contributed by atoms with Crippen LogP contribution in [-0.4, -0.2) is 48.8 Å². The molecule has 1 heterocycles. The van der Waals surface area contributed by atoms with E-state index in [0.29, 0.717) is 30.3 Å². The van der Waals surface area contributed by atoms with Gasteiger partial charge >= 0.3 is 0 Å². The standard InChI is InChI=1S/C14H19ClN2O3/c1-17(14(19)12-6-11(18)7-16-12)8-9-5-10(15)3-4-13(9)20-2/h3-5,11-12,16,18H,6-8H2,1-2H3/t11-,12-/m0/s1. The fourth-order valence-electron chi connectivity index (χ4n) is 2.38. The Morgan fingerprint density at radius 2 is 2.35 bits per heavy atom. The van der Waals surface area contributed by atoms with Crippen LogP contribution in [0.3, 0.4) is 0 Å². The number of rotatable bonds is 4.